The van der Waals surface area contributed by atoms with Gasteiger partial charge in [0.15, 0.2) is 0 Å². The minimum Gasteiger partial charge on any atom is -0.0617 e. The van der Waals surface area contributed by atoms with Gasteiger partial charge in [0.2, 0.25) is 0 Å². The Morgan fingerprint density at radius 2 is 2.00 bits per heavy atom. The summed E-state index contributed by atoms with van der Waals surface area (Å²) in [6, 6.07) is 9.36. The van der Waals surface area contributed by atoms with Gasteiger partial charge in [-0.3, -0.25) is 0 Å². The highest BCUT2D eigenvalue weighted by atomic mass is 14.6. The van der Waals surface area contributed by atoms with Crippen molar-refractivity contribution in [3.8, 4) is 0 Å². The predicted molar refractivity (Wildman–Crippen MR) is 77.7 cm³/mol. The van der Waals surface area contributed by atoms with Crippen molar-refractivity contribution in [3.63, 3.8) is 0 Å². The molecule has 0 heterocycles. The predicted octanol–water partition coefficient (Wildman–Crippen LogP) is 5.03. The van der Waals surface area contributed by atoms with Crippen molar-refractivity contribution in [3.05, 3.63) is 35.4 Å². The van der Waals surface area contributed by atoms with Crippen molar-refractivity contribution < 1.29 is 0 Å². The van der Waals surface area contributed by atoms with Gasteiger partial charge in [-0.05, 0) is 59.5 Å². The molecule has 0 nitrogen and oxygen atoms in total. The average Bonchev–Trinajstić information content (AvgIpc) is 2.90. The van der Waals surface area contributed by atoms with Crippen LogP contribution in [0.3, 0.4) is 0 Å². The maximum atomic E-state index is 2.49. The molecule has 98 valence electrons. The Morgan fingerprint density at radius 3 is 2.61 bits per heavy atom. The standard InChI is InChI=1S/C18H26/c1-5-13-7-6-8-14(9-13)17-11-15-10-16(17)12(2)18(15,3)4/h6-9,12,15-17H,5,10-11H2,1-4H3. The molecule has 0 aromatic heterocycles. The fraction of sp³-hybridized carbons (Fsp3) is 0.667. The Labute approximate surface area is 112 Å². The highest BCUT2D eigenvalue weighted by molar-refractivity contribution is 5.29. The van der Waals surface area contributed by atoms with Crippen LogP contribution in [0.1, 0.15) is 57.6 Å². The van der Waals surface area contributed by atoms with E-state index in [0.29, 0.717) is 5.41 Å². The van der Waals surface area contributed by atoms with E-state index in [1.54, 1.807) is 5.56 Å². The summed E-state index contributed by atoms with van der Waals surface area (Å²) in [6.07, 6.45) is 4.06. The van der Waals surface area contributed by atoms with E-state index in [1.807, 2.05) is 0 Å². The molecule has 2 fully saturated rings. The normalized spacial score (nSPS) is 37.1. The Bertz CT molecular complexity index is 439. The molecule has 4 atom stereocenters. The third-order valence-corrected chi connectivity index (χ3v) is 6.27. The molecule has 18 heavy (non-hydrogen) atoms. The van der Waals surface area contributed by atoms with Crippen LogP contribution in [-0.4, -0.2) is 0 Å². The van der Waals surface area contributed by atoms with E-state index in [2.05, 4.69) is 52.0 Å². The maximum absolute atomic E-state index is 2.49. The Balaban J connectivity index is 1.88. The topological polar surface area (TPSA) is 0 Å². The summed E-state index contributed by atoms with van der Waals surface area (Å²) in [5.41, 5.74) is 3.69. The van der Waals surface area contributed by atoms with Gasteiger partial charge in [-0.1, -0.05) is 52.0 Å². The molecule has 2 bridgehead atoms. The molecule has 0 aliphatic heterocycles. The first-order valence-electron chi connectivity index (χ1n) is 7.63. The molecule has 2 aliphatic rings. The van der Waals surface area contributed by atoms with Crippen LogP contribution < -0.4 is 0 Å². The van der Waals surface area contributed by atoms with Crippen LogP contribution in [0, 0.1) is 23.2 Å². The maximum Gasteiger partial charge on any atom is -0.0128 e. The SMILES string of the molecule is CCc1cccc(C2CC3CC2C(C)C3(C)C)c1. The lowest BCUT2D eigenvalue weighted by atomic mass is 9.65. The zero-order chi connectivity index (χ0) is 12.9. The molecule has 3 rings (SSSR count). The van der Waals surface area contributed by atoms with E-state index >= 15 is 0 Å². The van der Waals surface area contributed by atoms with Gasteiger partial charge in [-0.2, -0.15) is 0 Å². The number of hydrogen-bond acceptors (Lipinski definition) is 0. The number of fused-ring (bicyclic) bond motifs is 2. The number of benzene rings is 1. The Hall–Kier alpha value is -0.780. The van der Waals surface area contributed by atoms with E-state index in [0.717, 1.165) is 30.1 Å². The van der Waals surface area contributed by atoms with Crippen molar-refractivity contribution in [1.82, 2.24) is 0 Å². The van der Waals surface area contributed by atoms with E-state index in [-0.39, 0.29) is 0 Å². The Kier molecular flexibility index (Phi) is 2.80. The molecule has 0 N–H and O–H groups in total. The third kappa shape index (κ3) is 1.65. The molecule has 0 heteroatoms. The molecule has 1 aromatic rings. The zero-order valence-corrected chi connectivity index (χ0v) is 12.2. The minimum absolute atomic E-state index is 0.573. The molecule has 1 aromatic carbocycles. The largest absolute Gasteiger partial charge is 0.0617 e. The average molecular weight is 242 g/mol. The van der Waals surface area contributed by atoms with Crippen molar-refractivity contribution >= 4 is 0 Å². The monoisotopic (exact) mass is 242 g/mol. The summed E-state index contributed by atoms with van der Waals surface area (Å²) in [5, 5.41) is 0. The summed E-state index contributed by atoms with van der Waals surface area (Å²) in [7, 11) is 0. The van der Waals surface area contributed by atoms with Crippen molar-refractivity contribution in [1.29, 1.82) is 0 Å². The molecule has 0 radical (unpaired) electrons. The lowest BCUT2D eigenvalue weighted by Crippen LogP contribution is -2.32. The number of rotatable bonds is 2. The molecular weight excluding hydrogens is 216 g/mol. The lowest BCUT2D eigenvalue weighted by molar-refractivity contribution is 0.122. The summed E-state index contributed by atoms with van der Waals surface area (Å²) < 4.78 is 0. The fourth-order valence-corrected chi connectivity index (χ4v) is 4.58. The zero-order valence-electron chi connectivity index (χ0n) is 12.2. The van der Waals surface area contributed by atoms with E-state index in [4.69, 9.17) is 0 Å². The van der Waals surface area contributed by atoms with Gasteiger partial charge in [0.05, 0.1) is 0 Å². The van der Waals surface area contributed by atoms with Crippen molar-refractivity contribution in [2.75, 3.05) is 0 Å². The van der Waals surface area contributed by atoms with Gasteiger partial charge < -0.3 is 0 Å². The summed E-state index contributed by atoms with van der Waals surface area (Å²) in [6.45, 7) is 9.72. The van der Waals surface area contributed by atoms with Gasteiger partial charge >= 0.3 is 0 Å². The summed E-state index contributed by atoms with van der Waals surface area (Å²) in [4.78, 5) is 0. The highest BCUT2D eigenvalue weighted by Crippen LogP contribution is 2.63. The molecule has 4 unspecified atom stereocenters. The summed E-state index contributed by atoms with van der Waals surface area (Å²) >= 11 is 0. The van der Waals surface area contributed by atoms with Crippen LogP contribution in [-0.2, 0) is 6.42 Å². The van der Waals surface area contributed by atoms with Gasteiger partial charge in [0, 0.05) is 0 Å². The number of hydrogen-bond donors (Lipinski definition) is 0. The number of aryl methyl sites for hydroxylation is 1. The van der Waals surface area contributed by atoms with Crippen LogP contribution in [0.25, 0.3) is 0 Å². The molecule has 0 amide bonds. The fourth-order valence-electron chi connectivity index (χ4n) is 4.58. The molecule has 0 saturated heterocycles. The third-order valence-electron chi connectivity index (χ3n) is 6.27. The molecular formula is C18H26. The quantitative estimate of drug-likeness (QED) is 0.682. The minimum atomic E-state index is 0.573. The second kappa shape index (κ2) is 4.11. The molecule has 0 spiro atoms. The van der Waals surface area contributed by atoms with Crippen LogP contribution >= 0.6 is 0 Å². The second-order valence-electron chi connectivity index (χ2n) is 7.15. The van der Waals surface area contributed by atoms with Gasteiger partial charge in [-0.15, -0.1) is 0 Å². The van der Waals surface area contributed by atoms with Gasteiger partial charge in [-0.25, -0.2) is 0 Å². The van der Waals surface area contributed by atoms with Crippen LogP contribution in [0.2, 0.25) is 0 Å². The van der Waals surface area contributed by atoms with E-state index < -0.39 is 0 Å². The van der Waals surface area contributed by atoms with Crippen LogP contribution in [0.5, 0.6) is 0 Å². The first kappa shape index (κ1) is 12.3. The molecule has 2 aliphatic carbocycles. The van der Waals surface area contributed by atoms with E-state index in [1.165, 1.54) is 18.4 Å². The van der Waals surface area contributed by atoms with Gasteiger partial charge in [0.1, 0.15) is 0 Å². The Morgan fingerprint density at radius 1 is 1.22 bits per heavy atom. The first-order valence-corrected chi connectivity index (χ1v) is 7.63. The lowest BCUT2D eigenvalue weighted by Gasteiger charge is -2.40. The molecule has 2 saturated carbocycles. The van der Waals surface area contributed by atoms with Gasteiger partial charge in [0.25, 0.3) is 0 Å². The summed E-state index contributed by atoms with van der Waals surface area (Å²) in [5.74, 6) is 3.60. The van der Waals surface area contributed by atoms with Crippen LogP contribution in [0.15, 0.2) is 24.3 Å². The smallest absolute Gasteiger partial charge is 0.0128 e. The van der Waals surface area contributed by atoms with E-state index in [9.17, 15) is 0 Å². The van der Waals surface area contributed by atoms with Crippen molar-refractivity contribution in [2.45, 2.75) is 52.9 Å². The first-order chi connectivity index (χ1) is 8.54. The highest BCUT2D eigenvalue weighted by Gasteiger charge is 2.54. The second-order valence-corrected chi connectivity index (χ2v) is 7.15. The van der Waals surface area contributed by atoms with Crippen LogP contribution in [0.4, 0.5) is 0 Å². The van der Waals surface area contributed by atoms with Crippen molar-refractivity contribution in [2.24, 2.45) is 23.2 Å².